The molecule has 25 heavy (non-hydrogen) atoms. The third-order valence-electron chi connectivity index (χ3n) is 3.78. The Morgan fingerprint density at radius 2 is 1.68 bits per heavy atom. The van der Waals surface area contributed by atoms with Gasteiger partial charge in [0.05, 0.1) is 11.9 Å². The van der Waals surface area contributed by atoms with Gasteiger partial charge in [-0.05, 0) is 6.07 Å². The minimum absolute atomic E-state index is 0. The number of nitrogens with two attached hydrogens (primary N) is 1. The SMILES string of the molecule is Nc1nc(-c2ccccc2)nc2nn(Cc3ccccc3F)cc12.O. The van der Waals surface area contributed by atoms with E-state index in [1.54, 1.807) is 29.1 Å². The van der Waals surface area contributed by atoms with E-state index >= 15 is 0 Å². The fourth-order valence-corrected chi connectivity index (χ4v) is 2.57. The van der Waals surface area contributed by atoms with Gasteiger partial charge in [0.2, 0.25) is 0 Å². The van der Waals surface area contributed by atoms with E-state index in [1.807, 2.05) is 30.3 Å². The molecule has 0 spiro atoms. The van der Waals surface area contributed by atoms with Crippen molar-refractivity contribution in [1.82, 2.24) is 19.7 Å². The fourth-order valence-electron chi connectivity index (χ4n) is 2.57. The second-order valence-electron chi connectivity index (χ2n) is 5.45. The second-order valence-corrected chi connectivity index (χ2v) is 5.45. The molecule has 0 radical (unpaired) electrons. The monoisotopic (exact) mass is 337 g/mol. The normalized spacial score (nSPS) is 10.6. The molecule has 0 fully saturated rings. The number of rotatable bonds is 3. The minimum Gasteiger partial charge on any atom is -0.412 e. The Morgan fingerprint density at radius 1 is 0.960 bits per heavy atom. The summed E-state index contributed by atoms with van der Waals surface area (Å²) in [5, 5.41) is 5.07. The first-order valence-corrected chi connectivity index (χ1v) is 7.50. The van der Waals surface area contributed by atoms with Gasteiger partial charge >= 0.3 is 0 Å². The zero-order valence-corrected chi connectivity index (χ0v) is 13.2. The molecule has 7 heteroatoms. The lowest BCUT2D eigenvalue weighted by Crippen LogP contribution is -2.02. The van der Waals surface area contributed by atoms with Gasteiger partial charge < -0.3 is 11.2 Å². The lowest BCUT2D eigenvalue weighted by atomic mass is 10.2. The molecule has 4 aromatic rings. The number of benzene rings is 2. The predicted octanol–water partition coefficient (Wildman–Crippen LogP) is 2.44. The molecule has 2 aromatic heterocycles. The standard InChI is InChI=1S/C18H14FN5.H2O/c19-15-9-5-4-8-13(15)10-24-11-14-16(20)21-17(22-18(14)23-24)12-6-2-1-3-7-12;/h1-9,11H,10H2,(H2,20,21,22,23);1H2. The molecule has 0 atom stereocenters. The van der Waals surface area contributed by atoms with Gasteiger partial charge in [0.25, 0.3) is 0 Å². The van der Waals surface area contributed by atoms with Crippen LogP contribution in [0.25, 0.3) is 22.4 Å². The molecule has 0 saturated carbocycles. The van der Waals surface area contributed by atoms with Crippen LogP contribution in [0.5, 0.6) is 0 Å². The summed E-state index contributed by atoms with van der Waals surface area (Å²) in [6.45, 7) is 0.309. The Labute approximate surface area is 143 Å². The Balaban J connectivity index is 0.00000182. The maximum absolute atomic E-state index is 13.8. The third kappa shape index (κ3) is 3.17. The maximum atomic E-state index is 13.8. The van der Waals surface area contributed by atoms with Crippen LogP contribution in [0.4, 0.5) is 10.2 Å². The summed E-state index contributed by atoms with van der Waals surface area (Å²) in [6, 6.07) is 16.2. The molecular weight excluding hydrogens is 321 g/mol. The highest BCUT2D eigenvalue weighted by Gasteiger charge is 2.12. The number of halogens is 1. The van der Waals surface area contributed by atoms with Gasteiger partial charge in [-0.1, -0.05) is 48.5 Å². The first-order chi connectivity index (χ1) is 11.7. The number of hydrogen-bond donors (Lipinski definition) is 1. The number of anilines is 1. The van der Waals surface area contributed by atoms with E-state index in [2.05, 4.69) is 15.1 Å². The molecule has 0 unspecified atom stereocenters. The van der Waals surface area contributed by atoms with Gasteiger partial charge in [-0.2, -0.15) is 5.10 Å². The van der Waals surface area contributed by atoms with E-state index in [0.717, 1.165) is 5.56 Å². The minimum atomic E-state index is -0.263. The van der Waals surface area contributed by atoms with Crippen LogP contribution in [0.1, 0.15) is 5.56 Å². The maximum Gasteiger partial charge on any atom is 0.186 e. The van der Waals surface area contributed by atoms with Gasteiger partial charge in [-0.25, -0.2) is 14.4 Å². The molecule has 0 saturated heterocycles. The van der Waals surface area contributed by atoms with Crippen LogP contribution < -0.4 is 5.73 Å². The van der Waals surface area contributed by atoms with Gasteiger partial charge in [0, 0.05) is 17.3 Å². The fraction of sp³-hybridized carbons (Fsp3) is 0.0556. The van der Waals surface area contributed by atoms with E-state index in [4.69, 9.17) is 5.73 Å². The number of aromatic nitrogens is 4. The summed E-state index contributed by atoms with van der Waals surface area (Å²) in [6.07, 6.45) is 1.74. The van der Waals surface area contributed by atoms with E-state index in [9.17, 15) is 4.39 Å². The molecule has 6 nitrogen and oxygen atoms in total. The highest BCUT2D eigenvalue weighted by molar-refractivity contribution is 5.86. The predicted molar refractivity (Wildman–Crippen MR) is 94.3 cm³/mol. The van der Waals surface area contributed by atoms with Crippen molar-refractivity contribution in [3.05, 3.63) is 72.2 Å². The molecule has 4 rings (SSSR count). The van der Waals surface area contributed by atoms with Crippen molar-refractivity contribution in [2.24, 2.45) is 0 Å². The van der Waals surface area contributed by atoms with Crippen LogP contribution in [-0.4, -0.2) is 25.2 Å². The smallest absolute Gasteiger partial charge is 0.186 e. The van der Waals surface area contributed by atoms with Crippen LogP contribution in [0, 0.1) is 5.82 Å². The van der Waals surface area contributed by atoms with Crippen LogP contribution in [0.2, 0.25) is 0 Å². The third-order valence-corrected chi connectivity index (χ3v) is 3.78. The summed E-state index contributed by atoms with van der Waals surface area (Å²) in [4.78, 5) is 8.82. The van der Waals surface area contributed by atoms with Crippen LogP contribution >= 0.6 is 0 Å². The summed E-state index contributed by atoms with van der Waals surface area (Å²) in [7, 11) is 0. The number of nitrogen functional groups attached to an aromatic ring is 1. The molecule has 2 aromatic carbocycles. The van der Waals surface area contributed by atoms with Gasteiger partial charge in [-0.15, -0.1) is 0 Å². The van der Waals surface area contributed by atoms with Crippen LogP contribution in [-0.2, 0) is 6.54 Å². The second kappa shape index (κ2) is 6.66. The van der Waals surface area contributed by atoms with E-state index in [0.29, 0.717) is 34.8 Å². The lowest BCUT2D eigenvalue weighted by molar-refractivity contribution is 0.586. The molecule has 0 amide bonds. The zero-order valence-electron chi connectivity index (χ0n) is 13.2. The summed E-state index contributed by atoms with van der Waals surface area (Å²) in [5.41, 5.74) is 7.98. The average Bonchev–Trinajstić information content (AvgIpc) is 3.01. The molecule has 4 N–H and O–H groups in total. The molecule has 2 heterocycles. The zero-order chi connectivity index (χ0) is 16.5. The molecular formula is C18H16FN5O. The lowest BCUT2D eigenvalue weighted by Gasteiger charge is -2.02. The van der Waals surface area contributed by atoms with Crippen molar-refractivity contribution in [1.29, 1.82) is 0 Å². The van der Waals surface area contributed by atoms with Crippen molar-refractivity contribution in [3.63, 3.8) is 0 Å². The summed E-state index contributed by atoms with van der Waals surface area (Å²) < 4.78 is 15.4. The molecule has 0 aliphatic heterocycles. The van der Waals surface area contributed by atoms with Crippen LogP contribution in [0.3, 0.4) is 0 Å². The summed E-state index contributed by atoms with van der Waals surface area (Å²) in [5.74, 6) is 0.622. The van der Waals surface area contributed by atoms with Crippen LogP contribution in [0.15, 0.2) is 60.8 Å². The van der Waals surface area contributed by atoms with Crippen molar-refractivity contribution >= 4 is 16.9 Å². The Bertz CT molecular complexity index is 1020. The first kappa shape index (κ1) is 16.5. The molecule has 0 bridgehead atoms. The Morgan fingerprint density at radius 3 is 2.44 bits per heavy atom. The van der Waals surface area contributed by atoms with Gasteiger partial charge in [-0.3, -0.25) is 4.68 Å². The van der Waals surface area contributed by atoms with Crippen molar-refractivity contribution in [2.45, 2.75) is 6.54 Å². The van der Waals surface area contributed by atoms with E-state index in [-0.39, 0.29) is 11.3 Å². The number of nitrogens with zero attached hydrogens (tertiary/aromatic N) is 4. The highest BCUT2D eigenvalue weighted by atomic mass is 19.1. The van der Waals surface area contributed by atoms with Crippen molar-refractivity contribution in [3.8, 4) is 11.4 Å². The number of fused-ring (bicyclic) bond motifs is 1. The average molecular weight is 337 g/mol. The van der Waals surface area contributed by atoms with Crippen molar-refractivity contribution < 1.29 is 9.87 Å². The Kier molecular flexibility index (Phi) is 4.40. The number of hydrogen-bond acceptors (Lipinski definition) is 4. The van der Waals surface area contributed by atoms with E-state index in [1.165, 1.54) is 6.07 Å². The van der Waals surface area contributed by atoms with Gasteiger partial charge in [0.15, 0.2) is 11.5 Å². The molecule has 0 aliphatic rings. The Hall–Kier alpha value is -3.32. The first-order valence-electron chi connectivity index (χ1n) is 7.50. The molecule has 126 valence electrons. The largest absolute Gasteiger partial charge is 0.412 e. The van der Waals surface area contributed by atoms with Crippen molar-refractivity contribution in [2.75, 3.05) is 5.73 Å². The summed E-state index contributed by atoms with van der Waals surface area (Å²) >= 11 is 0. The highest BCUT2D eigenvalue weighted by Crippen LogP contribution is 2.22. The van der Waals surface area contributed by atoms with E-state index < -0.39 is 0 Å². The van der Waals surface area contributed by atoms with Gasteiger partial charge in [0.1, 0.15) is 11.6 Å². The molecule has 0 aliphatic carbocycles. The topological polar surface area (TPSA) is 101 Å². The quantitative estimate of drug-likeness (QED) is 0.620.